The van der Waals surface area contributed by atoms with Crippen LogP contribution in [0, 0.1) is 0 Å². The number of nitrogens with two attached hydrogens (primary N) is 2. The van der Waals surface area contributed by atoms with Gasteiger partial charge in [0, 0.05) is 0 Å². The second-order valence-corrected chi connectivity index (χ2v) is 4.75. The van der Waals surface area contributed by atoms with Gasteiger partial charge >= 0.3 is 35.8 Å². The molecule has 0 atom stereocenters. The number of hydrogen-bond acceptors (Lipinski definition) is 5. The first-order valence-electron chi connectivity index (χ1n) is 5.88. The highest BCUT2D eigenvalue weighted by Crippen LogP contribution is 2.61. The Labute approximate surface area is 138 Å². The van der Waals surface area contributed by atoms with E-state index >= 15 is 0 Å². The summed E-state index contributed by atoms with van der Waals surface area (Å²) in [5, 5.41) is 0. The average molecular weight is 429 g/mol. The van der Waals surface area contributed by atoms with Gasteiger partial charge in [0.05, 0.1) is 0 Å². The first-order chi connectivity index (χ1) is 11.6. The summed E-state index contributed by atoms with van der Waals surface area (Å²) in [6.07, 6.45) is -7.49. The van der Waals surface area contributed by atoms with Gasteiger partial charge in [0.25, 0.3) is 0 Å². The Morgan fingerprint density at radius 2 is 0.815 bits per heavy atom. The molecule has 0 saturated carbocycles. The second-order valence-electron chi connectivity index (χ2n) is 4.75. The predicted molar refractivity (Wildman–Crippen MR) is 58.4 cm³/mol. The van der Waals surface area contributed by atoms with E-state index in [1.165, 1.54) is 0 Å². The predicted octanol–water partition coefficient (Wildman–Crippen LogP) is 3.23. The van der Waals surface area contributed by atoms with E-state index in [0.717, 1.165) is 0 Å². The maximum Gasteiger partial charge on any atom is 0.460 e. The quantitative estimate of drug-likeness (QED) is 0.702. The number of halogens is 13. The van der Waals surface area contributed by atoms with E-state index in [-0.39, 0.29) is 0 Å². The zero-order valence-electron chi connectivity index (χ0n) is 11.9. The third kappa shape index (κ3) is 3.03. The molecule has 0 aliphatic rings. The molecule has 0 amide bonds. The number of hydrogen-bond donors (Lipinski definition) is 2. The Morgan fingerprint density at radius 3 is 1.15 bits per heavy atom. The summed E-state index contributed by atoms with van der Waals surface area (Å²) in [6, 6.07) is 0. The van der Waals surface area contributed by atoms with Crippen molar-refractivity contribution in [2.24, 2.45) is 0 Å². The van der Waals surface area contributed by atoms with Gasteiger partial charge in [0.2, 0.25) is 17.7 Å². The van der Waals surface area contributed by atoms with E-state index in [4.69, 9.17) is 11.5 Å². The fourth-order valence-electron chi connectivity index (χ4n) is 1.46. The molecule has 0 saturated heterocycles. The largest absolute Gasteiger partial charge is 0.460 e. The standard InChI is InChI=1S/C9H4F13N5/c10-4(11,1-25-2(23)27-3(24)26-1)5(12,13)6(14,15)7(16,17)8(18,19)9(20,21)22/h(H4,23,24,25,26,27). The second kappa shape index (κ2) is 5.85. The number of alkyl halides is 13. The van der Waals surface area contributed by atoms with Crippen molar-refractivity contribution in [3.8, 4) is 0 Å². The summed E-state index contributed by atoms with van der Waals surface area (Å²) in [4.78, 5) is 7.24. The van der Waals surface area contributed by atoms with Crippen molar-refractivity contribution in [2.75, 3.05) is 11.5 Å². The molecular weight excluding hydrogens is 425 g/mol. The monoisotopic (exact) mass is 429 g/mol. The molecule has 0 radical (unpaired) electrons. The lowest BCUT2D eigenvalue weighted by Crippen LogP contribution is -2.69. The van der Waals surface area contributed by atoms with E-state index in [9.17, 15) is 57.1 Å². The van der Waals surface area contributed by atoms with Crippen LogP contribution in [-0.4, -0.2) is 44.8 Å². The lowest BCUT2D eigenvalue weighted by atomic mass is 9.93. The van der Waals surface area contributed by atoms with E-state index < -0.39 is 53.5 Å². The fraction of sp³-hybridized carbons (Fsp3) is 0.667. The lowest BCUT2D eigenvalue weighted by molar-refractivity contribution is -0.442. The van der Waals surface area contributed by atoms with Gasteiger partial charge in [-0.3, -0.25) is 0 Å². The summed E-state index contributed by atoms with van der Waals surface area (Å²) >= 11 is 0. The third-order valence-corrected chi connectivity index (χ3v) is 2.88. The van der Waals surface area contributed by atoms with Gasteiger partial charge in [-0.05, 0) is 0 Å². The molecule has 18 heteroatoms. The van der Waals surface area contributed by atoms with Gasteiger partial charge in [0.1, 0.15) is 0 Å². The van der Waals surface area contributed by atoms with Crippen molar-refractivity contribution >= 4 is 11.9 Å². The van der Waals surface area contributed by atoms with Crippen LogP contribution in [0.3, 0.4) is 0 Å². The highest BCUT2D eigenvalue weighted by atomic mass is 19.4. The summed E-state index contributed by atoms with van der Waals surface area (Å²) < 4.78 is 168. The summed E-state index contributed by atoms with van der Waals surface area (Å²) in [7, 11) is 0. The summed E-state index contributed by atoms with van der Waals surface area (Å²) in [6.45, 7) is 0. The van der Waals surface area contributed by atoms with Gasteiger partial charge in [-0.2, -0.15) is 72.0 Å². The lowest BCUT2D eigenvalue weighted by Gasteiger charge is -2.39. The molecule has 0 fully saturated rings. The Balaban J connectivity index is 3.63. The number of nitrogens with zero attached hydrogens (tertiary/aromatic N) is 3. The summed E-state index contributed by atoms with van der Waals surface area (Å²) in [5.74, 6) is -43.6. The van der Waals surface area contributed by atoms with E-state index in [0.29, 0.717) is 0 Å². The Hall–Kier alpha value is -2.30. The molecule has 0 bridgehead atoms. The topological polar surface area (TPSA) is 90.7 Å². The van der Waals surface area contributed by atoms with Crippen molar-refractivity contribution in [2.45, 2.75) is 35.8 Å². The van der Waals surface area contributed by atoms with Gasteiger partial charge in [-0.15, -0.1) is 0 Å². The molecule has 0 aliphatic heterocycles. The van der Waals surface area contributed by atoms with Gasteiger partial charge in [-0.25, -0.2) is 0 Å². The smallest absolute Gasteiger partial charge is 0.368 e. The van der Waals surface area contributed by atoms with Crippen LogP contribution in [0.25, 0.3) is 0 Å². The van der Waals surface area contributed by atoms with Crippen LogP contribution in [0.1, 0.15) is 5.82 Å². The van der Waals surface area contributed by atoms with Crippen molar-refractivity contribution in [3.63, 3.8) is 0 Å². The Kier molecular flexibility index (Phi) is 4.92. The number of anilines is 2. The Morgan fingerprint density at radius 1 is 0.481 bits per heavy atom. The first-order valence-corrected chi connectivity index (χ1v) is 5.88. The summed E-state index contributed by atoms with van der Waals surface area (Å²) in [5.41, 5.74) is 9.39. The molecular formula is C9H4F13N5. The minimum Gasteiger partial charge on any atom is -0.368 e. The number of nitrogen functional groups attached to an aromatic ring is 2. The molecule has 0 aliphatic carbocycles. The van der Waals surface area contributed by atoms with Crippen molar-refractivity contribution in [1.29, 1.82) is 0 Å². The molecule has 4 N–H and O–H groups in total. The van der Waals surface area contributed by atoms with Crippen LogP contribution >= 0.6 is 0 Å². The van der Waals surface area contributed by atoms with Gasteiger partial charge in [-0.1, -0.05) is 0 Å². The van der Waals surface area contributed by atoms with Crippen molar-refractivity contribution in [1.82, 2.24) is 15.0 Å². The van der Waals surface area contributed by atoms with E-state index in [1.807, 2.05) is 0 Å². The zero-order chi connectivity index (χ0) is 21.9. The number of rotatable bonds is 5. The minimum absolute atomic E-state index is 1.40. The molecule has 0 unspecified atom stereocenters. The number of aromatic nitrogens is 3. The molecule has 1 heterocycles. The van der Waals surface area contributed by atoms with Crippen LogP contribution in [0.5, 0.6) is 0 Å². The van der Waals surface area contributed by atoms with Crippen LogP contribution in [-0.2, 0) is 5.92 Å². The van der Waals surface area contributed by atoms with Crippen molar-refractivity contribution < 1.29 is 57.1 Å². The Bertz CT molecular complexity index is 692. The molecule has 5 nitrogen and oxygen atoms in total. The first kappa shape index (κ1) is 22.7. The van der Waals surface area contributed by atoms with E-state index in [2.05, 4.69) is 15.0 Å². The third-order valence-electron chi connectivity index (χ3n) is 2.88. The molecule has 27 heavy (non-hydrogen) atoms. The fourth-order valence-corrected chi connectivity index (χ4v) is 1.46. The molecule has 1 aromatic rings. The highest BCUT2D eigenvalue weighted by molar-refractivity contribution is 5.28. The van der Waals surface area contributed by atoms with E-state index in [1.54, 1.807) is 0 Å². The maximum atomic E-state index is 13.7. The maximum absolute atomic E-state index is 13.7. The SMILES string of the molecule is Nc1nc(N)nc(C(F)(F)C(F)(F)C(F)(F)C(F)(F)C(F)(F)C(F)(F)F)n1. The van der Waals surface area contributed by atoms with Gasteiger partial charge in [0.15, 0.2) is 0 Å². The normalized spacial score (nSPS) is 15.1. The zero-order valence-corrected chi connectivity index (χ0v) is 11.9. The molecule has 0 aromatic carbocycles. The van der Waals surface area contributed by atoms with Gasteiger partial charge < -0.3 is 11.5 Å². The van der Waals surface area contributed by atoms with Crippen LogP contribution < -0.4 is 11.5 Å². The minimum atomic E-state index is -8.02. The average Bonchev–Trinajstić information content (AvgIpc) is 2.44. The molecule has 0 spiro atoms. The highest BCUT2D eigenvalue weighted by Gasteiger charge is 2.91. The van der Waals surface area contributed by atoms with Crippen molar-refractivity contribution in [3.05, 3.63) is 5.82 Å². The molecule has 1 rings (SSSR count). The van der Waals surface area contributed by atoms with Crippen LogP contribution in [0.15, 0.2) is 0 Å². The molecule has 1 aromatic heterocycles. The molecule has 156 valence electrons. The van der Waals surface area contributed by atoms with Crippen LogP contribution in [0.4, 0.5) is 69.0 Å². The van der Waals surface area contributed by atoms with Crippen LogP contribution in [0.2, 0.25) is 0 Å².